The Labute approximate surface area is 106 Å². The van der Waals surface area contributed by atoms with E-state index >= 15 is 0 Å². The molecule has 0 saturated heterocycles. The SMILES string of the molecule is CS(=O)(=O)N1CC(=O)N(C2CC2)c2ccccc21. The number of hydrogen-bond acceptors (Lipinski definition) is 3. The van der Waals surface area contributed by atoms with Crippen LogP contribution in [0.1, 0.15) is 12.8 Å². The third kappa shape index (κ3) is 1.77. The Hall–Kier alpha value is -1.56. The van der Waals surface area contributed by atoms with Gasteiger partial charge in [0.25, 0.3) is 0 Å². The smallest absolute Gasteiger partial charge is 0.248 e. The molecule has 1 saturated carbocycles. The van der Waals surface area contributed by atoms with E-state index in [1.165, 1.54) is 4.31 Å². The molecule has 6 heteroatoms. The topological polar surface area (TPSA) is 57.7 Å². The molecule has 1 amide bonds. The second kappa shape index (κ2) is 3.71. The van der Waals surface area contributed by atoms with Crippen LogP contribution in [-0.4, -0.2) is 33.2 Å². The lowest BCUT2D eigenvalue weighted by Crippen LogP contribution is -2.48. The van der Waals surface area contributed by atoms with Crippen molar-refractivity contribution >= 4 is 27.3 Å². The molecular formula is C12H14N2O3S. The van der Waals surface area contributed by atoms with Gasteiger partial charge in [0.15, 0.2) is 0 Å². The van der Waals surface area contributed by atoms with E-state index in [1.54, 1.807) is 17.0 Å². The van der Waals surface area contributed by atoms with Crippen molar-refractivity contribution in [2.45, 2.75) is 18.9 Å². The Morgan fingerprint density at radius 1 is 1.17 bits per heavy atom. The molecule has 1 fully saturated rings. The van der Waals surface area contributed by atoms with Crippen molar-refractivity contribution in [3.8, 4) is 0 Å². The first kappa shape index (κ1) is 11.5. The summed E-state index contributed by atoms with van der Waals surface area (Å²) in [6.45, 7) is -0.0909. The Bertz CT molecular complexity index is 608. The molecule has 5 nitrogen and oxygen atoms in total. The average Bonchev–Trinajstić information content (AvgIpc) is 3.10. The molecule has 0 N–H and O–H groups in total. The minimum absolute atomic E-state index is 0.0909. The monoisotopic (exact) mass is 266 g/mol. The molecule has 0 unspecified atom stereocenters. The molecule has 1 aromatic rings. The number of amides is 1. The van der Waals surface area contributed by atoms with Gasteiger partial charge in [-0.05, 0) is 25.0 Å². The van der Waals surface area contributed by atoms with Gasteiger partial charge in [-0.1, -0.05) is 12.1 Å². The summed E-state index contributed by atoms with van der Waals surface area (Å²) in [6.07, 6.45) is 3.13. The Balaban J connectivity index is 2.14. The summed E-state index contributed by atoms with van der Waals surface area (Å²) < 4.78 is 24.7. The maximum Gasteiger partial charge on any atom is 0.248 e. The van der Waals surface area contributed by atoms with E-state index in [4.69, 9.17) is 0 Å². The number of benzene rings is 1. The number of para-hydroxylation sites is 2. The highest BCUT2D eigenvalue weighted by atomic mass is 32.2. The van der Waals surface area contributed by atoms with Crippen molar-refractivity contribution in [2.24, 2.45) is 0 Å². The van der Waals surface area contributed by atoms with Gasteiger partial charge in [-0.25, -0.2) is 8.42 Å². The minimum Gasteiger partial charge on any atom is -0.306 e. The van der Waals surface area contributed by atoms with Crippen LogP contribution in [-0.2, 0) is 14.8 Å². The number of fused-ring (bicyclic) bond motifs is 1. The molecule has 0 atom stereocenters. The van der Waals surface area contributed by atoms with Crippen LogP contribution in [0.15, 0.2) is 24.3 Å². The Kier molecular flexibility index (Phi) is 2.38. The largest absolute Gasteiger partial charge is 0.306 e. The fourth-order valence-corrected chi connectivity index (χ4v) is 3.18. The number of carbonyl (C=O) groups excluding carboxylic acids is 1. The van der Waals surface area contributed by atoms with E-state index in [-0.39, 0.29) is 18.5 Å². The Morgan fingerprint density at radius 2 is 1.78 bits per heavy atom. The number of carbonyl (C=O) groups is 1. The van der Waals surface area contributed by atoms with Gasteiger partial charge in [-0.15, -0.1) is 0 Å². The number of nitrogens with zero attached hydrogens (tertiary/aromatic N) is 2. The summed E-state index contributed by atoms with van der Waals surface area (Å²) in [5.74, 6) is -0.137. The first-order valence-corrected chi connectivity index (χ1v) is 7.72. The van der Waals surface area contributed by atoms with Crippen molar-refractivity contribution in [1.29, 1.82) is 0 Å². The maximum absolute atomic E-state index is 12.1. The molecule has 0 radical (unpaired) electrons. The number of rotatable bonds is 2. The molecule has 1 aliphatic carbocycles. The summed E-state index contributed by atoms with van der Waals surface area (Å²) in [5.41, 5.74) is 1.31. The van der Waals surface area contributed by atoms with Gasteiger partial charge in [0.1, 0.15) is 6.54 Å². The van der Waals surface area contributed by atoms with E-state index in [0.29, 0.717) is 11.4 Å². The summed E-state index contributed by atoms with van der Waals surface area (Å²) >= 11 is 0. The van der Waals surface area contributed by atoms with E-state index in [9.17, 15) is 13.2 Å². The van der Waals surface area contributed by atoms with Crippen LogP contribution in [0.5, 0.6) is 0 Å². The van der Waals surface area contributed by atoms with Crippen LogP contribution in [0.3, 0.4) is 0 Å². The lowest BCUT2D eigenvalue weighted by molar-refractivity contribution is -0.117. The molecule has 0 spiro atoms. The molecule has 18 heavy (non-hydrogen) atoms. The van der Waals surface area contributed by atoms with Gasteiger partial charge in [0.2, 0.25) is 15.9 Å². The fraction of sp³-hybridized carbons (Fsp3) is 0.417. The zero-order valence-corrected chi connectivity index (χ0v) is 10.9. The standard InChI is InChI=1S/C12H14N2O3S/c1-18(16,17)13-8-12(15)14(9-6-7-9)11-5-3-2-4-10(11)13/h2-5,9H,6-8H2,1H3. The van der Waals surface area contributed by atoms with E-state index in [0.717, 1.165) is 19.1 Å². The van der Waals surface area contributed by atoms with Gasteiger partial charge >= 0.3 is 0 Å². The first-order valence-electron chi connectivity index (χ1n) is 5.87. The van der Waals surface area contributed by atoms with Crippen LogP contribution in [0.25, 0.3) is 0 Å². The zero-order valence-electron chi connectivity index (χ0n) is 10.0. The summed E-state index contributed by atoms with van der Waals surface area (Å²) in [6, 6.07) is 7.42. The van der Waals surface area contributed by atoms with Crippen molar-refractivity contribution in [3.05, 3.63) is 24.3 Å². The number of sulfonamides is 1. The molecule has 0 bridgehead atoms. The molecule has 1 aliphatic heterocycles. The predicted octanol–water partition coefficient (Wildman–Crippen LogP) is 0.962. The third-order valence-corrected chi connectivity index (χ3v) is 4.40. The van der Waals surface area contributed by atoms with E-state index in [2.05, 4.69) is 0 Å². The van der Waals surface area contributed by atoms with Crippen LogP contribution in [0, 0.1) is 0 Å². The van der Waals surface area contributed by atoms with Gasteiger partial charge < -0.3 is 4.90 Å². The van der Waals surface area contributed by atoms with Crippen LogP contribution >= 0.6 is 0 Å². The van der Waals surface area contributed by atoms with Gasteiger partial charge in [-0.3, -0.25) is 9.10 Å². The number of anilines is 2. The quantitative estimate of drug-likeness (QED) is 0.801. The first-order chi connectivity index (χ1) is 8.48. The van der Waals surface area contributed by atoms with Crippen LogP contribution in [0.2, 0.25) is 0 Å². The maximum atomic E-state index is 12.1. The molecule has 2 aliphatic rings. The normalized spacial score (nSPS) is 19.9. The lowest BCUT2D eigenvalue weighted by Gasteiger charge is -2.36. The van der Waals surface area contributed by atoms with Crippen LogP contribution < -0.4 is 9.21 Å². The van der Waals surface area contributed by atoms with Crippen molar-refractivity contribution in [2.75, 3.05) is 22.0 Å². The molecule has 1 heterocycles. The van der Waals surface area contributed by atoms with Crippen molar-refractivity contribution in [3.63, 3.8) is 0 Å². The highest BCUT2D eigenvalue weighted by molar-refractivity contribution is 7.92. The zero-order chi connectivity index (χ0) is 12.9. The summed E-state index contributed by atoms with van der Waals surface area (Å²) in [7, 11) is -3.42. The van der Waals surface area contributed by atoms with Crippen molar-refractivity contribution in [1.82, 2.24) is 0 Å². The third-order valence-electron chi connectivity index (χ3n) is 3.27. The molecule has 3 rings (SSSR count). The van der Waals surface area contributed by atoms with Crippen molar-refractivity contribution < 1.29 is 13.2 Å². The number of hydrogen-bond donors (Lipinski definition) is 0. The second-order valence-electron chi connectivity index (χ2n) is 4.75. The summed E-state index contributed by atoms with van der Waals surface area (Å²) in [5, 5.41) is 0. The van der Waals surface area contributed by atoms with Gasteiger partial charge in [0, 0.05) is 6.04 Å². The molecular weight excluding hydrogens is 252 g/mol. The summed E-state index contributed by atoms with van der Waals surface area (Å²) in [4.78, 5) is 13.9. The van der Waals surface area contributed by atoms with Gasteiger partial charge in [0.05, 0.1) is 17.6 Å². The average molecular weight is 266 g/mol. The molecule has 0 aromatic heterocycles. The minimum atomic E-state index is -3.42. The molecule has 1 aromatic carbocycles. The van der Waals surface area contributed by atoms with Gasteiger partial charge in [-0.2, -0.15) is 0 Å². The van der Waals surface area contributed by atoms with Crippen LogP contribution in [0.4, 0.5) is 11.4 Å². The fourth-order valence-electron chi connectivity index (χ4n) is 2.33. The highest BCUT2D eigenvalue weighted by Crippen LogP contribution is 2.40. The lowest BCUT2D eigenvalue weighted by atomic mass is 10.2. The second-order valence-corrected chi connectivity index (χ2v) is 6.66. The van der Waals surface area contributed by atoms with E-state index < -0.39 is 10.0 Å². The Morgan fingerprint density at radius 3 is 2.33 bits per heavy atom. The highest BCUT2D eigenvalue weighted by Gasteiger charge is 2.40. The molecule has 96 valence electrons. The van der Waals surface area contributed by atoms with E-state index in [1.807, 2.05) is 12.1 Å². The predicted molar refractivity (Wildman–Crippen MR) is 69.1 cm³/mol.